The molecule has 3 aromatic rings. The van der Waals surface area contributed by atoms with Crippen LogP contribution < -0.4 is 5.43 Å². The molecular formula is C27H30O16. The Labute approximate surface area is 241 Å². The van der Waals surface area contributed by atoms with Crippen LogP contribution in [0.4, 0.5) is 0 Å². The van der Waals surface area contributed by atoms with Crippen molar-refractivity contribution < 1.29 is 74.8 Å². The molecule has 10 unspecified atom stereocenters. The Kier molecular flexibility index (Phi) is 8.52. The van der Waals surface area contributed by atoms with Gasteiger partial charge in [-0.15, -0.1) is 0 Å². The third-order valence-corrected chi connectivity index (χ3v) is 7.55. The Hall–Kier alpha value is -3.55. The van der Waals surface area contributed by atoms with E-state index in [1.807, 2.05) is 0 Å². The Morgan fingerprint density at radius 3 is 2.05 bits per heavy atom. The molecule has 1 aromatic heterocycles. The highest BCUT2D eigenvalue weighted by molar-refractivity contribution is 5.89. The molecule has 5 rings (SSSR count). The van der Waals surface area contributed by atoms with Gasteiger partial charge in [-0.05, 0) is 18.2 Å². The number of benzene rings is 2. The molecule has 0 spiro atoms. The van der Waals surface area contributed by atoms with E-state index in [2.05, 4.69) is 0 Å². The lowest BCUT2D eigenvalue weighted by Crippen LogP contribution is -2.63. The number of rotatable bonds is 6. The van der Waals surface area contributed by atoms with Gasteiger partial charge < -0.3 is 74.8 Å². The summed E-state index contributed by atoms with van der Waals surface area (Å²) in [6, 6.07) is 5.28. The van der Waals surface area contributed by atoms with E-state index < -0.39 is 119 Å². The van der Waals surface area contributed by atoms with Crippen molar-refractivity contribution >= 4 is 11.0 Å². The summed E-state index contributed by atoms with van der Waals surface area (Å²) in [5.41, 5.74) is -1.59. The lowest BCUT2D eigenvalue weighted by Gasteiger charge is -2.46. The molecule has 2 saturated heterocycles. The van der Waals surface area contributed by atoms with Crippen molar-refractivity contribution in [2.45, 2.75) is 61.2 Å². The highest BCUT2D eigenvalue weighted by Gasteiger charge is 2.51. The molecule has 10 atom stereocenters. The van der Waals surface area contributed by atoms with Crippen LogP contribution >= 0.6 is 0 Å². The first-order valence-corrected chi connectivity index (χ1v) is 13.0. The molecule has 0 bridgehead atoms. The molecule has 2 fully saturated rings. The molecule has 2 aromatic carbocycles. The highest BCUT2D eigenvalue weighted by atomic mass is 16.7. The smallest absolute Gasteiger partial charge is 0.197 e. The predicted octanol–water partition coefficient (Wildman–Crippen LogP) is -2.38. The van der Waals surface area contributed by atoms with E-state index >= 15 is 0 Å². The Morgan fingerprint density at radius 1 is 0.698 bits per heavy atom. The van der Waals surface area contributed by atoms with Crippen molar-refractivity contribution in [3.05, 3.63) is 46.1 Å². The third-order valence-electron chi connectivity index (χ3n) is 7.55. The lowest BCUT2D eigenvalue weighted by molar-refractivity contribution is -0.342. The zero-order chi connectivity index (χ0) is 31.3. The van der Waals surface area contributed by atoms with Gasteiger partial charge in [0.1, 0.15) is 77.6 Å². The van der Waals surface area contributed by atoms with Gasteiger partial charge in [-0.3, -0.25) is 4.79 Å². The predicted molar refractivity (Wildman–Crippen MR) is 140 cm³/mol. The average Bonchev–Trinajstić information content (AvgIpc) is 2.97. The number of hydrogen-bond donors (Lipinski definition) is 11. The van der Waals surface area contributed by atoms with Crippen molar-refractivity contribution in [1.29, 1.82) is 0 Å². The number of aliphatic hydroxyl groups excluding tert-OH is 7. The van der Waals surface area contributed by atoms with Crippen LogP contribution in [-0.2, 0) is 14.2 Å². The van der Waals surface area contributed by atoms with Crippen LogP contribution in [0.1, 0.15) is 11.7 Å². The number of ether oxygens (including phenoxy) is 3. The number of fused-ring (bicyclic) bond motifs is 1. The van der Waals surface area contributed by atoms with Gasteiger partial charge in [-0.25, -0.2) is 0 Å². The molecule has 234 valence electrons. The molecular weight excluding hydrogens is 580 g/mol. The summed E-state index contributed by atoms with van der Waals surface area (Å²) < 4.78 is 22.4. The Bertz CT molecular complexity index is 1540. The molecule has 2 aliphatic rings. The first-order valence-electron chi connectivity index (χ1n) is 13.0. The standard InChI is InChI=1S/C27H30O16/c28-6-15-19(35)20(36)23(39)27(42-15)43-24-16(7-29)41-26(22(38)21(24)37)18-12(33)4-11(32)17-13(34)5-14(40-25(17)18)8-1-2-9(30)10(31)3-8/h1-5,15-16,19-24,26-33,35-39H,6-7H2. The maximum atomic E-state index is 13.0. The summed E-state index contributed by atoms with van der Waals surface area (Å²) in [5.74, 6) is -2.61. The molecule has 0 saturated carbocycles. The van der Waals surface area contributed by atoms with Crippen molar-refractivity contribution in [2.75, 3.05) is 13.2 Å². The Balaban J connectivity index is 1.54. The number of hydrogen-bond acceptors (Lipinski definition) is 16. The van der Waals surface area contributed by atoms with Gasteiger partial charge in [-0.2, -0.15) is 0 Å². The van der Waals surface area contributed by atoms with Gasteiger partial charge in [0.15, 0.2) is 28.8 Å². The van der Waals surface area contributed by atoms with Crippen molar-refractivity contribution in [3.8, 4) is 34.3 Å². The van der Waals surface area contributed by atoms with E-state index in [-0.39, 0.29) is 11.3 Å². The maximum Gasteiger partial charge on any atom is 0.197 e. The molecule has 16 heteroatoms. The van der Waals surface area contributed by atoms with Crippen molar-refractivity contribution in [1.82, 2.24) is 0 Å². The number of phenols is 4. The maximum absolute atomic E-state index is 13.0. The highest BCUT2D eigenvalue weighted by Crippen LogP contribution is 2.44. The summed E-state index contributed by atoms with van der Waals surface area (Å²) in [6.07, 6.45) is -17.3. The largest absolute Gasteiger partial charge is 0.507 e. The minimum Gasteiger partial charge on any atom is -0.507 e. The van der Waals surface area contributed by atoms with Crippen LogP contribution in [0.25, 0.3) is 22.3 Å². The van der Waals surface area contributed by atoms with Crippen LogP contribution in [0.3, 0.4) is 0 Å². The van der Waals surface area contributed by atoms with Crippen LogP contribution in [0.5, 0.6) is 23.0 Å². The zero-order valence-corrected chi connectivity index (χ0v) is 22.0. The number of phenolic OH excluding ortho intramolecular Hbond substituents is 4. The van der Waals surface area contributed by atoms with Gasteiger partial charge >= 0.3 is 0 Å². The van der Waals surface area contributed by atoms with Crippen LogP contribution in [0.2, 0.25) is 0 Å². The van der Waals surface area contributed by atoms with Gasteiger partial charge in [-0.1, -0.05) is 0 Å². The molecule has 43 heavy (non-hydrogen) atoms. The molecule has 3 heterocycles. The van der Waals surface area contributed by atoms with E-state index in [0.29, 0.717) is 0 Å². The van der Waals surface area contributed by atoms with Crippen LogP contribution in [0, 0.1) is 0 Å². The van der Waals surface area contributed by atoms with E-state index in [1.165, 1.54) is 6.07 Å². The van der Waals surface area contributed by atoms with E-state index in [1.54, 1.807) is 0 Å². The fourth-order valence-electron chi connectivity index (χ4n) is 5.24. The zero-order valence-electron chi connectivity index (χ0n) is 22.0. The molecule has 11 N–H and O–H groups in total. The van der Waals surface area contributed by atoms with Gasteiger partial charge in [0.25, 0.3) is 0 Å². The van der Waals surface area contributed by atoms with Gasteiger partial charge in [0.05, 0.1) is 18.8 Å². The summed E-state index contributed by atoms with van der Waals surface area (Å²) in [7, 11) is 0. The number of aliphatic hydroxyl groups is 7. The SMILES string of the molecule is O=c1cc(-c2ccc(O)c(O)c2)oc2c(C3OC(CO)C(OC4OC(CO)C(O)C(O)C4O)C(O)C3O)c(O)cc(O)c12. The normalized spacial score (nSPS) is 33.1. The monoisotopic (exact) mass is 610 g/mol. The first-order chi connectivity index (χ1) is 20.4. The van der Waals surface area contributed by atoms with Crippen molar-refractivity contribution in [2.24, 2.45) is 0 Å². The topological polar surface area (TPSA) is 280 Å². The summed E-state index contributed by atoms with van der Waals surface area (Å²) in [6.45, 7) is -1.64. The minimum atomic E-state index is -1.98. The second-order valence-corrected chi connectivity index (χ2v) is 10.3. The quantitative estimate of drug-likeness (QED) is 0.130. The fraction of sp³-hybridized carbons (Fsp3) is 0.444. The Morgan fingerprint density at radius 2 is 1.40 bits per heavy atom. The molecule has 16 nitrogen and oxygen atoms in total. The van der Waals surface area contributed by atoms with Crippen LogP contribution in [0.15, 0.2) is 39.5 Å². The molecule has 0 radical (unpaired) electrons. The first kappa shape index (κ1) is 30.9. The van der Waals surface area contributed by atoms with E-state index in [4.69, 9.17) is 18.6 Å². The summed E-state index contributed by atoms with van der Waals surface area (Å²) in [4.78, 5) is 13.0. The average molecular weight is 611 g/mol. The molecule has 0 amide bonds. The number of aromatic hydroxyl groups is 4. The second kappa shape index (κ2) is 11.9. The van der Waals surface area contributed by atoms with Gasteiger partial charge in [0.2, 0.25) is 0 Å². The second-order valence-electron chi connectivity index (χ2n) is 10.3. The molecule has 2 aliphatic heterocycles. The summed E-state index contributed by atoms with van der Waals surface area (Å²) in [5, 5.41) is 112. The van der Waals surface area contributed by atoms with Gasteiger partial charge in [0, 0.05) is 17.7 Å². The van der Waals surface area contributed by atoms with E-state index in [9.17, 15) is 61.0 Å². The summed E-state index contributed by atoms with van der Waals surface area (Å²) >= 11 is 0. The van der Waals surface area contributed by atoms with Crippen LogP contribution in [-0.4, -0.2) is 125 Å². The van der Waals surface area contributed by atoms with Crippen molar-refractivity contribution in [3.63, 3.8) is 0 Å². The van der Waals surface area contributed by atoms with E-state index in [0.717, 1.165) is 24.3 Å². The molecule has 0 aliphatic carbocycles. The minimum absolute atomic E-state index is 0.106. The third kappa shape index (κ3) is 5.38. The fourth-order valence-corrected chi connectivity index (χ4v) is 5.24. The lowest BCUT2D eigenvalue weighted by atomic mass is 9.89.